The molecular formula is C15H18N2O. The molecule has 0 aliphatic heterocycles. The Morgan fingerprint density at radius 1 is 1.22 bits per heavy atom. The fraction of sp³-hybridized carbons (Fsp3) is 0.333. The van der Waals surface area contributed by atoms with Gasteiger partial charge < -0.3 is 5.11 Å². The number of aromatic nitrogens is 2. The van der Waals surface area contributed by atoms with Crippen molar-refractivity contribution in [2.75, 3.05) is 0 Å². The van der Waals surface area contributed by atoms with Gasteiger partial charge in [0, 0.05) is 30.7 Å². The lowest BCUT2D eigenvalue weighted by Crippen LogP contribution is -2.04. The minimum Gasteiger partial charge on any atom is -0.388 e. The average Bonchev–Trinajstić information content (AvgIpc) is 2.39. The third-order valence-corrected chi connectivity index (χ3v) is 2.98. The number of hydrogen-bond donors (Lipinski definition) is 1. The molecule has 0 radical (unpaired) electrons. The Morgan fingerprint density at radius 2 is 2.06 bits per heavy atom. The van der Waals surface area contributed by atoms with E-state index in [2.05, 4.69) is 23.0 Å². The highest BCUT2D eigenvalue weighted by atomic mass is 16.3. The van der Waals surface area contributed by atoms with Crippen molar-refractivity contribution in [3.63, 3.8) is 0 Å². The molecule has 2 heterocycles. The fourth-order valence-electron chi connectivity index (χ4n) is 1.86. The molecule has 0 bridgehead atoms. The van der Waals surface area contributed by atoms with Gasteiger partial charge in [0.25, 0.3) is 0 Å². The number of pyridine rings is 2. The van der Waals surface area contributed by atoms with Crippen LogP contribution in [0, 0.1) is 6.92 Å². The van der Waals surface area contributed by atoms with Gasteiger partial charge in [-0.2, -0.15) is 0 Å². The van der Waals surface area contributed by atoms with Crippen LogP contribution in [0.25, 0.3) is 0 Å². The smallest absolute Gasteiger partial charge is 0.0860 e. The van der Waals surface area contributed by atoms with Crippen LogP contribution < -0.4 is 0 Å². The molecule has 0 aliphatic carbocycles. The second-order valence-electron chi connectivity index (χ2n) is 4.53. The normalized spacial score (nSPS) is 12.4. The van der Waals surface area contributed by atoms with Gasteiger partial charge in [0.1, 0.15) is 0 Å². The minimum absolute atomic E-state index is 0.523. The predicted octanol–water partition coefficient (Wildman–Crippen LogP) is 2.62. The Bertz CT molecular complexity index is 508. The molecule has 2 rings (SSSR count). The van der Waals surface area contributed by atoms with Crippen LogP contribution in [-0.2, 0) is 12.8 Å². The Balaban J connectivity index is 2.08. The van der Waals surface area contributed by atoms with Crippen molar-refractivity contribution in [3.05, 3.63) is 59.2 Å². The number of rotatable bonds is 4. The lowest BCUT2D eigenvalue weighted by atomic mass is 10.0. The Hall–Kier alpha value is -1.74. The standard InChI is InChI=1S/C15H18N2O/c1-3-12-4-5-14(17-9-12)7-15(18)13-6-11(2)8-16-10-13/h4-6,8-10,15,18H,3,7H2,1-2H3. The molecule has 2 aromatic heterocycles. The molecule has 1 unspecified atom stereocenters. The van der Waals surface area contributed by atoms with E-state index in [0.29, 0.717) is 6.42 Å². The SMILES string of the molecule is CCc1ccc(CC(O)c2cncc(C)c2)nc1. The quantitative estimate of drug-likeness (QED) is 0.896. The molecule has 94 valence electrons. The third kappa shape index (κ3) is 3.14. The third-order valence-electron chi connectivity index (χ3n) is 2.98. The van der Waals surface area contributed by atoms with Crippen molar-refractivity contribution < 1.29 is 5.11 Å². The van der Waals surface area contributed by atoms with Gasteiger partial charge in [-0.05, 0) is 36.1 Å². The molecule has 3 heteroatoms. The molecule has 0 fully saturated rings. The maximum absolute atomic E-state index is 10.1. The average molecular weight is 242 g/mol. The highest BCUT2D eigenvalue weighted by Gasteiger charge is 2.10. The Morgan fingerprint density at radius 3 is 2.67 bits per heavy atom. The van der Waals surface area contributed by atoms with Gasteiger partial charge in [0.15, 0.2) is 0 Å². The molecule has 18 heavy (non-hydrogen) atoms. The number of nitrogens with zero attached hydrogens (tertiary/aromatic N) is 2. The van der Waals surface area contributed by atoms with E-state index in [0.717, 1.165) is 23.2 Å². The summed E-state index contributed by atoms with van der Waals surface area (Å²) in [7, 11) is 0. The Labute approximate surface area is 108 Å². The molecule has 0 aromatic carbocycles. The van der Waals surface area contributed by atoms with E-state index in [1.54, 1.807) is 12.4 Å². The van der Waals surface area contributed by atoms with Gasteiger partial charge in [-0.15, -0.1) is 0 Å². The minimum atomic E-state index is -0.544. The van der Waals surface area contributed by atoms with Gasteiger partial charge in [-0.1, -0.05) is 19.1 Å². The van der Waals surface area contributed by atoms with Gasteiger partial charge in [0.05, 0.1) is 6.10 Å². The first-order chi connectivity index (χ1) is 8.69. The molecule has 0 amide bonds. The molecule has 1 N–H and O–H groups in total. The van der Waals surface area contributed by atoms with E-state index in [9.17, 15) is 5.11 Å². The highest BCUT2D eigenvalue weighted by molar-refractivity contribution is 5.21. The summed E-state index contributed by atoms with van der Waals surface area (Å²) in [4.78, 5) is 8.45. The Kier molecular flexibility index (Phi) is 4.05. The molecule has 0 saturated carbocycles. The number of aliphatic hydroxyl groups is 1. The van der Waals surface area contributed by atoms with Crippen LogP contribution in [0.2, 0.25) is 0 Å². The van der Waals surface area contributed by atoms with Crippen LogP contribution >= 0.6 is 0 Å². The summed E-state index contributed by atoms with van der Waals surface area (Å²) >= 11 is 0. The molecule has 3 nitrogen and oxygen atoms in total. The molecule has 0 spiro atoms. The molecule has 2 aromatic rings. The van der Waals surface area contributed by atoms with E-state index in [-0.39, 0.29) is 0 Å². The first-order valence-electron chi connectivity index (χ1n) is 6.22. The van der Waals surface area contributed by atoms with Crippen LogP contribution in [0.1, 0.15) is 35.4 Å². The largest absolute Gasteiger partial charge is 0.388 e. The van der Waals surface area contributed by atoms with Gasteiger partial charge in [-0.3, -0.25) is 9.97 Å². The first-order valence-corrected chi connectivity index (χ1v) is 6.22. The number of hydrogen-bond acceptors (Lipinski definition) is 3. The lowest BCUT2D eigenvalue weighted by molar-refractivity contribution is 0.176. The topological polar surface area (TPSA) is 46.0 Å². The van der Waals surface area contributed by atoms with Gasteiger partial charge in [-0.25, -0.2) is 0 Å². The van der Waals surface area contributed by atoms with E-state index >= 15 is 0 Å². The summed E-state index contributed by atoms with van der Waals surface area (Å²) in [5, 5.41) is 10.1. The van der Waals surface area contributed by atoms with Gasteiger partial charge in [0.2, 0.25) is 0 Å². The molecule has 0 aliphatic rings. The molecular weight excluding hydrogens is 224 g/mol. The predicted molar refractivity (Wildman–Crippen MR) is 71.3 cm³/mol. The van der Waals surface area contributed by atoms with Crippen LogP contribution in [0.5, 0.6) is 0 Å². The second-order valence-corrected chi connectivity index (χ2v) is 4.53. The summed E-state index contributed by atoms with van der Waals surface area (Å²) in [5.74, 6) is 0. The lowest BCUT2D eigenvalue weighted by Gasteiger charge is -2.11. The summed E-state index contributed by atoms with van der Waals surface area (Å²) in [6.45, 7) is 4.07. The van der Waals surface area contributed by atoms with Crippen molar-refractivity contribution in [3.8, 4) is 0 Å². The number of aliphatic hydroxyl groups excluding tert-OH is 1. The second kappa shape index (κ2) is 5.74. The fourth-order valence-corrected chi connectivity index (χ4v) is 1.86. The first kappa shape index (κ1) is 12.7. The van der Waals surface area contributed by atoms with Gasteiger partial charge >= 0.3 is 0 Å². The summed E-state index contributed by atoms with van der Waals surface area (Å²) in [6.07, 6.45) is 6.32. The van der Waals surface area contributed by atoms with Crippen LogP contribution in [-0.4, -0.2) is 15.1 Å². The highest BCUT2D eigenvalue weighted by Crippen LogP contribution is 2.17. The van der Waals surface area contributed by atoms with Crippen molar-refractivity contribution in [2.24, 2.45) is 0 Å². The van der Waals surface area contributed by atoms with Crippen molar-refractivity contribution in [1.82, 2.24) is 9.97 Å². The number of aryl methyl sites for hydroxylation is 2. The summed E-state index contributed by atoms with van der Waals surface area (Å²) < 4.78 is 0. The van der Waals surface area contributed by atoms with Crippen LogP contribution in [0.3, 0.4) is 0 Å². The van der Waals surface area contributed by atoms with E-state index in [1.165, 1.54) is 5.56 Å². The molecule has 1 atom stereocenters. The molecule has 0 saturated heterocycles. The zero-order valence-electron chi connectivity index (χ0n) is 10.8. The zero-order chi connectivity index (χ0) is 13.0. The maximum Gasteiger partial charge on any atom is 0.0860 e. The monoisotopic (exact) mass is 242 g/mol. The van der Waals surface area contributed by atoms with E-state index < -0.39 is 6.10 Å². The summed E-state index contributed by atoms with van der Waals surface area (Å²) in [5.41, 5.74) is 4.02. The van der Waals surface area contributed by atoms with Crippen molar-refractivity contribution in [2.45, 2.75) is 32.8 Å². The van der Waals surface area contributed by atoms with Crippen LogP contribution in [0.4, 0.5) is 0 Å². The van der Waals surface area contributed by atoms with E-state index in [4.69, 9.17) is 0 Å². The van der Waals surface area contributed by atoms with Crippen molar-refractivity contribution in [1.29, 1.82) is 0 Å². The summed E-state index contributed by atoms with van der Waals surface area (Å²) in [6, 6.07) is 5.99. The van der Waals surface area contributed by atoms with Crippen molar-refractivity contribution >= 4 is 0 Å². The maximum atomic E-state index is 10.1. The zero-order valence-corrected chi connectivity index (χ0v) is 10.8. The van der Waals surface area contributed by atoms with E-state index in [1.807, 2.05) is 25.3 Å². The van der Waals surface area contributed by atoms with Crippen LogP contribution in [0.15, 0.2) is 36.8 Å².